The summed E-state index contributed by atoms with van der Waals surface area (Å²) in [5, 5.41) is 2.73. The lowest BCUT2D eigenvalue weighted by Crippen LogP contribution is -2.52. The molecule has 2 amide bonds. The first-order valence-electron chi connectivity index (χ1n) is 9.90. The average molecular weight is 387 g/mol. The summed E-state index contributed by atoms with van der Waals surface area (Å²) < 4.78 is 0. The highest BCUT2D eigenvalue weighted by atomic mass is 16.2. The van der Waals surface area contributed by atoms with Crippen LogP contribution in [0.15, 0.2) is 29.3 Å². The zero-order chi connectivity index (χ0) is 20.3. The molecule has 152 valence electrons. The van der Waals surface area contributed by atoms with Crippen molar-refractivity contribution >= 4 is 23.3 Å². The summed E-state index contributed by atoms with van der Waals surface area (Å²) in [6.07, 6.45) is -0.176. The van der Waals surface area contributed by atoms with Gasteiger partial charge in [0.05, 0.1) is 11.7 Å². The van der Waals surface area contributed by atoms with Crippen molar-refractivity contribution in [3.05, 3.63) is 29.8 Å². The number of nitrogens with zero attached hydrogens (tertiary/aromatic N) is 4. The van der Waals surface area contributed by atoms with Crippen molar-refractivity contribution in [1.82, 2.24) is 15.1 Å². The van der Waals surface area contributed by atoms with Gasteiger partial charge in [-0.2, -0.15) is 0 Å². The minimum absolute atomic E-state index is 0.229. The molecule has 3 rings (SSSR count). The number of aliphatic imine (C=N–C) groups is 1. The Labute approximate surface area is 166 Å². The monoisotopic (exact) mass is 386 g/mol. The van der Waals surface area contributed by atoms with Crippen LogP contribution < -0.4 is 16.0 Å². The second-order valence-electron chi connectivity index (χ2n) is 7.45. The molecule has 1 fully saturated rings. The van der Waals surface area contributed by atoms with E-state index in [0.29, 0.717) is 6.54 Å². The number of hydrogen-bond donors (Lipinski definition) is 2. The lowest BCUT2D eigenvalue weighted by Gasteiger charge is -2.35. The van der Waals surface area contributed by atoms with Crippen LogP contribution in [0.1, 0.15) is 25.8 Å². The molecule has 2 aliphatic heterocycles. The summed E-state index contributed by atoms with van der Waals surface area (Å²) in [6.45, 7) is 7.67. The van der Waals surface area contributed by atoms with Crippen LogP contribution in [0.25, 0.3) is 0 Å². The fraction of sp³-hybridized carbons (Fsp3) is 0.550. The molecule has 2 unspecified atom stereocenters. The topological polar surface area (TPSA) is 94.3 Å². The van der Waals surface area contributed by atoms with Gasteiger partial charge >= 0.3 is 0 Å². The van der Waals surface area contributed by atoms with E-state index in [0.717, 1.165) is 49.7 Å². The zero-order valence-corrected chi connectivity index (χ0v) is 16.9. The zero-order valence-electron chi connectivity index (χ0n) is 16.9. The minimum atomic E-state index is -0.980. The Hall–Kier alpha value is -2.45. The number of hydrogen-bond acceptors (Lipinski definition) is 6. The number of anilines is 1. The van der Waals surface area contributed by atoms with Gasteiger partial charge in [-0.3, -0.25) is 9.59 Å². The molecule has 28 heavy (non-hydrogen) atoms. The van der Waals surface area contributed by atoms with Gasteiger partial charge in [-0.1, -0.05) is 19.1 Å². The Balaban J connectivity index is 2.05. The molecule has 0 aliphatic carbocycles. The summed E-state index contributed by atoms with van der Waals surface area (Å²) in [4.78, 5) is 36.5. The van der Waals surface area contributed by atoms with E-state index in [-0.39, 0.29) is 11.8 Å². The van der Waals surface area contributed by atoms with Gasteiger partial charge in [-0.15, -0.1) is 0 Å². The quantitative estimate of drug-likeness (QED) is 0.772. The molecule has 0 spiro atoms. The predicted octanol–water partition coefficient (Wildman–Crippen LogP) is 0.227. The first-order chi connectivity index (χ1) is 13.4. The number of rotatable bonds is 4. The van der Waals surface area contributed by atoms with E-state index in [1.807, 2.05) is 31.2 Å². The summed E-state index contributed by atoms with van der Waals surface area (Å²) in [5.74, 6) is 0.139. The predicted molar refractivity (Wildman–Crippen MR) is 110 cm³/mol. The summed E-state index contributed by atoms with van der Waals surface area (Å²) in [6, 6.07) is 7.12. The van der Waals surface area contributed by atoms with Gasteiger partial charge in [-0.25, -0.2) is 4.99 Å². The summed E-state index contributed by atoms with van der Waals surface area (Å²) in [5.41, 5.74) is 7.47. The molecule has 2 heterocycles. The first-order valence-corrected chi connectivity index (χ1v) is 9.90. The maximum atomic E-state index is 13.3. The third kappa shape index (κ3) is 4.18. The third-order valence-electron chi connectivity index (χ3n) is 5.13. The van der Waals surface area contributed by atoms with E-state index in [9.17, 15) is 9.59 Å². The summed E-state index contributed by atoms with van der Waals surface area (Å²) in [7, 11) is 2.10. The number of nitrogens with two attached hydrogens (primary N) is 1. The first kappa shape index (κ1) is 20.3. The summed E-state index contributed by atoms with van der Waals surface area (Å²) >= 11 is 0. The van der Waals surface area contributed by atoms with Crippen LogP contribution in [0.5, 0.6) is 0 Å². The van der Waals surface area contributed by atoms with Gasteiger partial charge < -0.3 is 25.8 Å². The Morgan fingerprint density at radius 2 is 1.96 bits per heavy atom. The lowest BCUT2D eigenvalue weighted by atomic mass is 10.1. The molecule has 1 aromatic rings. The number of likely N-dealkylation sites (N-methyl/N-ethyl adjacent to an activating group) is 1. The van der Waals surface area contributed by atoms with Gasteiger partial charge in [0, 0.05) is 38.3 Å². The molecule has 8 nitrogen and oxygen atoms in total. The molecule has 0 radical (unpaired) electrons. The van der Waals surface area contributed by atoms with Crippen molar-refractivity contribution in [2.75, 3.05) is 44.7 Å². The lowest BCUT2D eigenvalue weighted by molar-refractivity contribution is -0.127. The smallest absolute Gasteiger partial charge is 0.272 e. The van der Waals surface area contributed by atoms with Crippen molar-refractivity contribution in [3.8, 4) is 0 Å². The van der Waals surface area contributed by atoms with Gasteiger partial charge in [0.15, 0.2) is 0 Å². The normalized spacial score (nSPS) is 21.6. The molecule has 2 atom stereocenters. The van der Waals surface area contributed by atoms with Gasteiger partial charge in [-0.05, 0) is 32.5 Å². The maximum Gasteiger partial charge on any atom is 0.272 e. The molecular formula is C20H30N6O2. The Kier molecular flexibility index (Phi) is 6.31. The van der Waals surface area contributed by atoms with E-state index < -0.39 is 12.2 Å². The van der Waals surface area contributed by atoms with Crippen molar-refractivity contribution in [1.29, 1.82) is 0 Å². The van der Waals surface area contributed by atoms with E-state index >= 15 is 0 Å². The maximum absolute atomic E-state index is 13.3. The van der Waals surface area contributed by atoms with Crippen LogP contribution in [0.3, 0.4) is 0 Å². The van der Waals surface area contributed by atoms with Crippen LogP contribution in [-0.4, -0.2) is 79.4 Å². The Morgan fingerprint density at radius 3 is 2.61 bits per heavy atom. The van der Waals surface area contributed by atoms with E-state index in [4.69, 9.17) is 10.7 Å². The Morgan fingerprint density at radius 1 is 1.29 bits per heavy atom. The fourth-order valence-corrected chi connectivity index (χ4v) is 3.50. The highest BCUT2D eigenvalue weighted by molar-refractivity contribution is 6.12. The second-order valence-corrected chi connectivity index (χ2v) is 7.45. The SMILES string of the molecule is CCCN1C(=O)C(NC(=O)C(C)N)N=C(N2CCN(C)CC2)c2ccccc21. The van der Waals surface area contributed by atoms with Crippen LogP contribution in [0.4, 0.5) is 5.69 Å². The van der Waals surface area contributed by atoms with Crippen LogP contribution in [0, 0.1) is 0 Å². The van der Waals surface area contributed by atoms with Gasteiger partial charge in [0.1, 0.15) is 5.84 Å². The van der Waals surface area contributed by atoms with Gasteiger partial charge in [0.25, 0.3) is 5.91 Å². The van der Waals surface area contributed by atoms with Gasteiger partial charge in [0.2, 0.25) is 12.1 Å². The molecule has 0 bridgehead atoms. The van der Waals surface area contributed by atoms with Crippen molar-refractivity contribution in [3.63, 3.8) is 0 Å². The number of para-hydroxylation sites is 1. The van der Waals surface area contributed by atoms with E-state index in [1.54, 1.807) is 11.8 Å². The molecule has 1 aromatic carbocycles. The fourth-order valence-electron chi connectivity index (χ4n) is 3.50. The van der Waals surface area contributed by atoms with E-state index in [1.165, 1.54) is 0 Å². The molecule has 1 saturated heterocycles. The molecule has 2 aliphatic rings. The number of amides is 2. The number of amidine groups is 1. The minimum Gasteiger partial charge on any atom is -0.354 e. The average Bonchev–Trinajstić information content (AvgIpc) is 2.79. The third-order valence-corrected chi connectivity index (χ3v) is 5.13. The van der Waals surface area contributed by atoms with Crippen LogP contribution >= 0.6 is 0 Å². The number of carbonyl (C=O) groups excluding carboxylic acids is 2. The van der Waals surface area contributed by atoms with Crippen molar-refractivity contribution in [2.24, 2.45) is 10.7 Å². The number of fused-ring (bicyclic) bond motifs is 1. The van der Waals surface area contributed by atoms with Crippen molar-refractivity contribution in [2.45, 2.75) is 32.5 Å². The standard InChI is InChI=1S/C20H30N6O2/c1-4-9-26-16-8-6-5-7-15(16)18(25-12-10-24(3)11-13-25)22-17(20(26)28)23-19(27)14(2)21/h5-8,14,17H,4,9-13,21H2,1-3H3,(H,23,27). The number of benzene rings is 1. The van der Waals surface area contributed by atoms with Crippen LogP contribution in [-0.2, 0) is 9.59 Å². The molecule has 8 heteroatoms. The Bertz CT molecular complexity index is 755. The largest absolute Gasteiger partial charge is 0.354 e. The number of carbonyl (C=O) groups is 2. The molecular weight excluding hydrogens is 356 g/mol. The highest BCUT2D eigenvalue weighted by Gasteiger charge is 2.34. The number of piperazine rings is 1. The highest BCUT2D eigenvalue weighted by Crippen LogP contribution is 2.27. The molecule has 0 saturated carbocycles. The molecule has 0 aromatic heterocycles. The number of benzodiazepines with no additional fused rings is 1. The van der Waals surface area contributed by atoms with Crippen molar-refractivity contribution < 1.29 is 9.59 Å². The second kappa shape index (κ2) is 8.70. The van der Waals surface area contributed by atoms with Crippen LogP contribution in [0.2, 0.25) is 0 Å². The molecule has 3 N–H and O–H groups in total. The number of nitrogens with one attached hydrogen (secondary N) is 1. The van der Waals surface area contributed by atoms with E-state index in [2.05, 4.69) is 22.2 Å².